The summed E-state index contributed by atoms with van der Waals surface area (Å²) in [6.07, 6.45) is 2.47. The van der Waals surface area contributed by atoms with Gasteiger partial charge in [-0.25, -0.2) is 13.4 Å². The van der Waals surface area contributed by atoms with Crippen LogP contribution in [-0.2, 0) is 14.6 Å². The lowest BCUT2D eigenvalue weighted by Gasteiger charge is -2.24. The molecule has 0 radical (unpaired) electrons. The van der Waals surface area contributed by atoms with Gasteiger partial charge in [0.05, 0.1) is 20.9 Å². The van der Waals surface area contributed by atoms with E-state index in [9.17, 15) is 13.2 Å². The number of hydrogen-bond donors (Lipinski definition) is 0. The van der Waals surface area contributed by atoms with Gasteiger partial charge in [0.1, 0.15) is 0 Å². The number of carbonyl (C=O) groups is 1. The van der Waals surface area contributed by atoms with Crippen LogP contribution in [0.15, 0.2) is 52.3 Å². The van der Waals surface area contributed by atoms with Crippen LogP contribution in [0.25, 0.3) is 10.2 Å². The molecule has 1 aromatic heterocycles. The predicted molar refractivity (Wildman–Crippen MR) is 151 cm³/mol. The normalized spacial score (nSPS) is 11.6. The van der Waals surface area contributed by atoms with Gasteiger partial charge in [-0.3, -0.25) is 9.69 Å². The summed E-state index contributed by atoms with van der Waals surface area (Å²) >= 11 is 3.19. The van der Waals surface area contributed by atoms with Crippen LogP contribution in [0.2, 0.25) is 0 Å². The summed E-state index contributed by atoms with van der Waals surface area (Å²) in [5.41, 5.74) is 1.89. The number of aromatic nitrogens is 1. The smallest absolute Gasteiger partial charge is 0.228 e. The molecule has 0 fully saturated rings. The van der Waals surface area contributed by atoms with Crippen molar-refractivity contribution < 1.29 is 13.2 Å². The second-order valence-electron chi connectivity index (χ2n) is 8.14. The van der Waals surface area contributed by atoms with Gasteiger partial charge in [-0.1, -0.05) is 42.9 Å². The Hall–Kier alpha value is -1.65. The number of halogens is 1. The van der Waals surface area contributed by atoms with Crippen molar-refractivity contribution in [3.8, 4) is 0 Å². The largest absolute Gasteiger partial charge is 0.302 e. The van der Waals surface area contributed by atoms with Gasteiger partial charge in [0.25, 0.3) is 0 Å². The second kappa shape index (κ2) is 13.6. The number of fused-ring (bicyclic) bond motifs is 1. The van der Waals surface area contributed by atoms with Crippen LogP contribution < -0.4 is 4.90 Å². The molecular weight excluding hydrogens is 522 g/mol. The van der Waals surface area contributed by atoms with Gasteiger partial charge in [0, 0.05) is 24.4 Å². The molecule has 0 N–H and O–H groups in total. The topological polar surface area (TPSA) is 70.6 Å². The van der Waals surface area contributed by atoms with Crippen molar-refractivity contribution in [1.29, 1.82) is 0 Å². The number of carbonyl (C=O) groups excluding carboxylic acids is 1. The van der Waals surface area contributed by atoms with Gasteiger partial charge in [0.2, 0.25) is 5.91 Å². The summed E-state index contributed by atoms with van der Waals surface area (Å²) in [6.45, 7) is 9.22. The summed E-state index contributed by atoms with van der Waals surface area (Å²) in [6, 6.07) is 13.0. The fourth-order valence-corrected chi connectivity index (χ4v) is 6.53. The first-order valence-electron chi connectivity index (χ1n) is 11.5. The van der Waals surface area contributed by atoms with E-state index < -0.39 is 9.84 Å². The van der Waals surface area contributed by atoms with Crippen molar-refractivity contribution in [2.75, 3.05) is 43.1 Å². The lowest BCUT2D eigenvalue weighted by molar-refractivity contribution is -0.118. The zero-order valence-corrected chi connectivity index (χ0v) is 24.0. The molecule has 2 aromatic carbocycles. The SMILES string of the molecule is CCN(CC)CCN(C(=O)CCCS(=O)(=O)c1ccc(C)cc1)c1nc2ccc(SC)cc2s1.Cl. The van der Waals surface area contributed by atoms with Gasteiger partial charge in [-0.05, 0) is 63.0 Å². The first kappa shape index (κ1) is 29.6. The molecule has 1 heterocycles. The van der Waals surface area contributed by atoms with E-state index in [2.05, 4.69) is 24.8 Å². The average Bonchev–Trinajstić information content (AvgIpc) is 3.24. The molecule has 3 aromatic rings. The maximum Gasteiger partial charge on any atom is 0.228 e. The molecule has 0 aliphatic carbocycles. The number of thiazole rings is 1. The minimum absolute atomic E-state index is 0. The van der Waals surface area contributed by atoms with Crippen LogP contribution in [0.1, 0.15) is 32.3 Å². The molecule has 0 saturated heterocycles. The molecular formula is C25H34ClN3O3S3. The van der Waals surface area contributed by atoms with Crippen molar-refractivity contribution in [3.63, 3.8) is 0 Å². The van der Waals surface area contributed by atoms with Crippen molar-refractivity contribution in [3.05, 3.63) is 48.0 Å². The minimum atomic E-state index is -3.42. The molecule has 0 bridgehead atoms. The number of likely N-dealkylation sites (N-methyl/N-ethyl adjacent to an activating group) is 1. The number of benzene rings is 2. The van der Waals surface area contributed by atoms with Crippen molar-refractivity contribution in [1.82, 2.24) is 9.88 Å². The number of sulfone groups is 1. The molecule has 3 rings (SSSR count). The van der Waals surface area contributed by atoms with Crippen molar-refractivity contribution >= 4 is 66.6 Å². The van der Waals surface area contributed by atoms with Crippen LogP contribution in [0.4, 0.5) is 5.13 Å². The van der Waals surface area contributed by atoms with Crippen LogP contribution in [0.5, 0.6) is 0 Å². The molecule has 0 aliphatic heterocycles. The van der Waals surface area contributed by atoms with Gasteiger partial charge >= 0.3 is 0 Å². The standard InChI is InChI=1S/C25H33N3O3S3.ClH/c1-5-27(6-2)15-16-28(25-26-22-14-11-20(32-4)18-23(22)33-25)24(29)8-7-17-34(30,31)21-12-9-19(3)10-13-21;/h9-14,18H,5-8,15-17H2,1-4H3;1H. The molecule has 35 heavy (non-hydrogen) atoms. The lowest BCUT2D eigenvalue weighted by Crippen LogP contribution is -2.38. The molecule has 0 spiro atoms. The molecule has 0 saturated carbocycles. The zero-order chi connectivity index (χ0) is 24.7. The molecule has 192 valence electrons. The van der Waals surface area contributed by atoms with E-state index in [4.69, 9.17) is 4.98 Å². The van der Waals surface area contributed by atoms with E-state index in [0.717, 1.165) is 40.3 Å². The predicted octanol–water partition coefficient (Wildman–Crippen LogP) is 5.68. The maximum atomic E-state index is 13.3. The number of rotatable bonds is 12. The third-order valence-corrected chi connectivity index (χ3v) is 9.42. The highest BCUT2D eigenvalue weighted by Gasteiger charge is 2.22. The fraction of sp³-hybridized carbons (Fsp3) is 0.440. The Bertz CT molecular complexity index is 1210. The Kier molecular flexibility index (Phi) is 11.5. The monoisotopic (exact) mass is 555 g/mol. The molecule has 0 aliphatic rings. The van der Waals surface area contributed by atoms with E-state index >= 15 is 0 Å². The third-order valence-electron chi connectivity index (χ3n) is 5.83. The highest BCUT2D eigenvalue weighted by atomic mass is 35.5. The maximum absolute atomic E-state index is 13.3. The molecule has 1 amide bonds. The van der Waals surface area contributed by atoms with Crippen molar-refractivity contribution in [2.45, 2.75) is 43.4 Å². The van der Waals surface area contributed by atoms with Crippen LogP contribution in [0, 0.1) is 6.92 Å². The van der Waals surface area contributed by atoms with E-state index in [0.29, 0.717) is 16.6 Å². The lowest BCUT2D eigenvalue weighted by atomic mass is 10.2. The number of anilines is 1. The highest BCUT2D eigenvalue weighted by Crippen LogP contribution is 2.32. The molecule has 6 nitrogen and oxygen atoms in total. The minimum Gasteiger partial charge on any atom is -0.302 e. The summed E-state index contributed by atoms with van der Waals surface area (Å²) in [5, 5.41) is 0.673. The second-order valence-corrected chi connectivity index (χ2v) is 12.1. The number of aryl methyl sites for hydroxylation is 1. The third kappa shape index (κ3) is 7.92. The van der Waals surface area contributed by atoms with Gasteiger partial charge in [-0.15, -0.1) is 24.2 Å². The van der Waals surface area contributed by atoms with E-state index in [1.807, 2.05) is 25.3 Å². The van der Waals surface area contributed by atoms with Crippen molar-refractivity contribution in [2.24, 2.45) is 0 Å². The Balaban J connectivity index is 0.00000432. The quantitative estimate of drug-likeness (QED) is 0.268. The first-order valence-corrected chi connectivity index (χ1v) is 15.2. The van der Waals surface area contributed by atoms with Crippen LogP contribution in [0.3, 0.4) is 0 Å². The molecule has 0 unspecified atom stereocenters. The molecule has 10 heteroatoms. The first-order chi connectivity index (χ1) is 16.3. The van der Waals surface area contributed by atoms with Gasteiger partial charge in [-0.2, -0.15) is 0 Å². The summed E-state index contributed by atoms with van der Waals surface area (Å²) in [7, 11) is -3.42. The van der Waals surface area contributed by atoms with Gasteiger partial charge < -0.3 is 4.90 Å². The Morgan fingerprint density at radius 1 is 1.06 bits per heavy atom. The van der Waals surface area contributed by atoms with E-state index in [1.165, 1.54) is 11.3 Å². The Morgan fingerprint density at radius 3 is 2.37 bits per heavy atom. The number of nitrogens with zero attached hydrogens (tertiary/aromatic N) is 3. The number of thioether (sulfide) groups is 1. The van der Waals surface area contributed by atoms with Crippen LogP contribution >= 0.6 is 35.5 Å². The van der Waals surface area contributed by atoms with E-state index in [-0.39, 0.29) is 36.9 Å². The number of hydrogen-bond acceptors (Lipinski definition) is 7. The van der Waals surface area contributed by atoms with Gasteiger partial charge in [0.15, 0.2) is 15.0 Å². The fourth-order valence-electron chi connectivity index (χ4n) is 3.66. The highest BCUT2D eigenvalue weighted by molar-refractivity contribution is 7.98. The summed E-state index contributed by atoms with van der Waals surface area (Å²) in [4.78, 5) is 23.5. The Morgan fingerprint density at radius 2 is 1.74 bits per heavy atom. The van der Waals surface area contributed by atoms with E-state index in [1.54, 1.807) is 40.9 Å². The Labute approximate surface area is 223 Å². The average molecular weight is 556 g/mol. The zero-order valence-electron chi connectivity index (χ0n) is 20.7. The molecule has 0 atom stereocenters. The van der Waals surface area contributed by atoms with Crippen LogP contribution in [-0.4, -0.2) is 62.4 Å². The summed E-state index contributed by atoms with van der Waals surface area (Å²) in [5.74, 6) is -0.141. The number of amides is 1. The summed E-state index contributed by atoms with van der Waals surface area (Å²) < 4.78 is 26.4.